The van der Waals surface area contributed by atoms with Gasteiger partial charge in [0.1, 0.15) is 0 Å². The van der Waals surface area contributed by atoms with Gasteiger partial charge < -0.3 is 14.5 Å². The van der Waals surface area contributed by atoms with Gasteiger partial charge in [-0.05, 0) is 38.1 Å². The summed E-state index contributed by atoms with van der Waals surface area (Å²) in [6.45, 7) is 6.55. The van der Waals surface area contributed by atoms with Gasteiger partial charge in [-0.15, -0.1) is 11.3 Å². The van der Waals surface area contributed by atoms with Crippen molar-refractivity contribution >= 4 is 23.2 Å². The monoisotopic (exact) mass is 336 g/mol. The molecule has 1 aromatic heterocycles. The molecule has 1 aromatic rings. The van der Waals surface area contributed by atoms with Crippen LogP contribution < -0.4 is 0 Å². The molecule has 23 heavy (non-hydrogen) atoms. The molecule has 0 aromatic carbocycles. The zero-order valence-corrected chi connectivity index (χ0v) is 14.6. The largest absolute Gasteiger partial charge is 0.375 e. The number of rotatable bonds is 2. The van der Waals surface area contributed by atoms with Crippen LogP contribution in [0, 0.1) is 5.92 Å². The Labute approximate surface area is 141 Å². The third kappa shape index (κ3) is 3.58. The van der Waals surface area contributed by atoms with Crippen LogP contribution in [0.4, 0.5) is 0 Å². The molecule has 0 aliphatic carbocycles. The summed E-state index contributed by atoms with van der Waals surface area (Å²) in [6.07, 6.45) is 1.84. The molecule has 2 aliphatic heterocycles. The average Bonchev–Trinajstić information content (AvgIpc) is 3.10. The van der Waals surface area contributed by atoms with E-state index in [-0.39, 0.29) is 29.9 Å². The van der Waals surface area contributed by atoms with Crippen molar-refractivity contribution < 1.29 is 14.3 Å². The molecule has 3 rings (SSSR count). The van der Waals surface area contributed by atoms with Gasteiger partial charge >= 0.3 is 0 Å². The van der Waals surface area contributed by atoms with Crippen molar-refractivity contribution in [1.82, 2.24) is 9.80 Å². The highest BCUT2D eigenvalue weighted by Crippen LogP contribution is 2.24. The lowest BCUT2D eigenvalue weighted by Gasteiger charge is -2.41. The zero-order chi connectivity index (χ0) is 16.4. The van der Waals surface area contributed by atoms with Gasteiger partial charge in [0.15, 0.2) is 0 Å². The fourth-order valence-corrected chi connectivity index (χ4v) is 4.05. The summed E-state index contributed by atoms with van der Waals surface area (Å²) in [4.78, 5) is 30.0. The van der Waals surface area contributed by atoms with Crippen molar-refractivity contribution in [2.24, 2.45) is 5.92 Å². The number of morpholine rings is 1. The lowest BCUT2D eigenvalue weighted by atomic mass is 9.95. The van der Waals surface area contributed by atoms with Crippen LogP contribution in [0.1, 0.15) is 36.4 Å². The Bertz CT molecular complexity index is 560. The highest BCUT2D eigenvalue weighted by molar-refractivity contribution is 7.12. The van der Waals surface area contributed by atoms with E-state index in [0.29, 0.717) is 19.7 Å². The third-order valence-corrected chi connectivity index (χ3v) is 5.54. The number of hydrogen-bond donors (Lipinski definition) is 0. The number of hydrogen-bond acceptors (Lipinski definition) is 4. The van der Waals surface area contributed by atoms with Gasteiger partial charge in [-0.2, -0.15) is 0 Å². The van der Waals surface area contributed by atoms with Crippen LogP contribution in [0.2, 0.25) is 0 Å². The normalized spacial score (nSPS) is 28.7. The highest BCUT2D eigenvalue weighted by Gasteiger charge is 2.35. The molecule has 2 fully saturated rings. The van der Waals surface area contributed by atoms with E-state index in [1.165, 1.54) is 11.3 Å². The first-order valence-electron chi connectivity index (χ1n) is 8.31. The van der Waals surface area contributed by atoms with Gasteiger partial charge in [0.25, 0.3) is 5.91 Å². The van der Waals surface area contributed by atoms with Gasteiger partial charge in [-0.25, -0.2) is 0 Å². The minimum atomic E-state index is -0.0830. The van der Waals surface area contributed by atoms with E-state index in [2.05, 4.69) is 0 Å². The third-order valence-electron chi connectivity index (χ3n) is 4.68. The fraction of sp³-hybridized carbons (Fsp3) is 0.647. The van der Waals surface area contributed by atoms with Gasteiger partial charge in [-0.3, -0.25) is 9.59 Å². The van der Waals surface area contributed by atoms with Gasteiger partial charge in [-0.1, -0.05) is 6.07 Å². The molecule has 126 valence electrons. The summed E-state index contributed by atoms with van der Waals surface area (Å²) in [5, 5.41) is 1.91. The molecule has 0 spiro atoms. The summed E-state index contributed by atoms with van der Waals surface area (Å²) in [7, 11) is 0. The minimum Gasteiger partial charge on any atom is -0.375 e. The molecular formula is C17H24N2O3S. The van der Waals surface area contributed by atoms with E-state index >= 15 is 0 Å². The van der Waals surface area contributed by atoms with Gasteiger partial charge in [0.05, 0.1) is 29.5 Å². The minimum absolute atomic E-state index is 0.0564. The van der Waals surface area contributed by atoms with E-state index in [1.807, 2.05) is 41.2 Å². The number of piperidine rings is 1. The molecule has 5 nitrogen and oxygen atoms in total. The Morgan fingerprint density at radius 3 is 2.87 bits per heavy atom. The summed E-state index contributed by atoms with van der Waals surface area (Å²) >= 11 is 1.46. The first-order valence-corrected chi connectivity index (χ1v) is 9.19. The summed E-state index contributed by atoms with van der Waals surface area (Å²) in [6, 6.07) is 3.85. The highest BCUT2D eigenvalue weighted by atomic mass is 32.1. The molecule has 0 unspecified atom stereocenters. The van der Waals surface area contributed by atoms with E-state index in [0.717, 1.165) is 24.3 Å². The molecule has 2 saturated heterocycles. The predicted molar refractivity (Wildman–Crippen MR) is 89.5 cm³/mol. The van der Waals surface area contributed by atoms with E-state index in [9.17, 15) is 9.59 Å². The van der Waals surface area contributed by atoms with Crippen LogP contribution in [-0.2, 0) is 9.53 Å². The maximum Gasteiger partial charge on any atom is 0.263 e. The Hall–Kier alpha value is -1.40. The Morgan fingerprint density at radius 1 is 1.30 bits per heavy atom. The molecule has 0 N–H and O–H groups in total. The molecule has 3 heterocycles. The maximum atomic E-state index is 12.9. The molecule has 2 aliphatic rings. The van der Waals surface area contributed by atoms with E-state index in [4.69, 9.17) is 4.74 Å². The second kappa shape index (κ2) is 7.01. The van der Waals surface area contributed by atoms with Crippen LogP contribution in [-0.4, -0.2) is 60.0 Å². The van der Waals surface area contributed by atoms with Crippen molar-refractivity contribution in [3.05, 3.63) is 22.4 Å². The SMILES string of the molecule is C[C@@H]1CN(C(=O)[C@@H]2CCCN(C(=O)c3cccs3)C2)[C@@H](C)CO1. The molecule has 2 amide bonds. The first kappa shape index (κ1) is 16.5. The number of ether oxygens (including phenoxy) is 1. The first-order chi connectivity index (χ1) is 11.1. The summed E-state index contributed by atoms with van der Waals surface area (Å²) < 4.78 is 5.61. The number of amides is 2. The Balaban J connectivity index is 1.66. The maximum absolute atomic E-state index is 12.9. The van der Waals surface area contributed by atoms with E-state index < -0.39 is 0 Å². The topological polar surface area (TPSA) is 49.9 Å². The second-order valence-corrected chi connectivity index (χ2v) is 7.50. The van der Waals surface area contributed by atoms with Gasteiger partial charge in [0, 0.05) is 19.6 Å². The lowest BCUT2D eigenvalue weighted by molar-refractivity contribution is -0.149. The van der Waals surface area contributed by atoms with Crippen molar-refractivity contribution in [1.29, 1.82) is 0 Å². The average molecular weight is 336 g/mol. The molecule has 6 heteroatoms. The number of likely N-dealkylation sites (tertiary alicyclic amines) is 1. The predicted octanol–water partition coefficient (Wildman–Crippen LogP) is 2.24. The number of carbonyl (C=O) groups excluding carboxylic acids is 2. The van der Waals surface area contributed by atoms with Crippen molar-refractivity contribution in [3.63, 3.8) is 0 Å². The quantitative estimate of drug-likeness (QED) is 0.832. The fourth-order valence-electron chi connectivity index (χ4n) is 3.36. The Morgan fingerprint density at radius 2 is 2.13 bits per heavy atom. The van der Waals surface area contributed by atoms with Crippen molar-refractivity contribution in [3.8, 4) is 0 Å². The van der Waals surface area contributed by atoms with Crippen LogP contribution in [0.5, 0.6) is 0 Å². The molecule has 0 bridgehead atoms. The van der Waals surface area contributed by atoms with Crippen LogP contribution in [0.25, 0.3) is 0 Å². The molecule has 0 radical (unpaired) electrons. The molecule has 0 saturated carbocycles. The number of thiophene rings is 1. The van der Waals surface area contributed by atoms with E-state index in [1.54, 1.807) is 0 Å². The second-order valence-electron chi connectivity index (χ2n) is 6.55. The lowest BCUT2D eigenvalue weighted by Crippen LogP contribution is -2.54. The van der Waals surface area contributed by atoms with Crippen LogP contribution in [0.15, 0.2) is 17.5 Å². The molecule has 3 atom stereocenters. The van der Waals surface area contributed by atoms with Gasteiger partial charge in [0.2, 0.25) is 5.91 Å². The van der Waals surface area contributed by atoms with Crippen LogP contribution >= 0.6 is 11.3 Å². The summed E-state index contributed by atoms with van der Waals surface area (Å²) in [5.74, 6) is 0.151. The van der Waals surface area contributed by atoms with Crippen LogP contribution in [0.3, 0.4) is 0 Å². The zero-order valence-electron chi connectivity index (χ0n) is 13.7. The smallest absolute Gasteiger partial charge is 0.263 e. The Kier molecular flexibility index (Phi) is 5.02. The number of nitrogens with zero attached hydrogens (tertiary/aromatic N) is 2. The molecular weight excluding hydrogens is 312 g/mol. The standard InChI is InChI=1S/C17H24N2O3S/c1-12-11-22-13(2)9-19(12)16(20)14-5-3-7-18(10-14)17(21)15-6-4-8-23-15/h4,6,8,12-14H,3,5,7,9-11H2,1-2H3/t12-,13+,14+/m0/s1. The number of carbonyl (C=O) groups is 2. The van der Waals surface area contributed by atoms with Crippen molar-refractivity contribution in [2.75, 3.05) is 26.2 Å². The van der Waals surface area contributed by atoms with Crippen molar-refractivity contribution in [2.45, 2.75) is 38.8 Å². The summed E-state index contributed by atoms with van der Waals surface area (Å²) in [5.41, 5.74) is 0.